The third kappa shape index (κ3) is 5.49. The maximum atomic E-state index is 12.4. The Labute approximate surface area is 156 Å². The first kappa shape index (κ1) is 19.3. The molecule has 134 valence electrons. The standard InChI is InChI=1S/C17H20N2O.C6H6/c1-18(2)15-9-5-13(6-10-15)17(20)14-7-11-16(12-8-14)19(3)4;1-2-4-6-5-3-1/h5-12H,1-4H3;1-6H. The molecular weight excluding hydrogens is 320 g/mol. The second-order valence-electron chi connectivity index (χ2n) is 6.37. The maximum absolute atomic E-state index is 12.4. The van der Waals surface area contributed by atoms with Crippen molar-refractivity contribution in [3.63, 3.8) is 0 Å². The molecule has 3 aromatic carbocycles. The summed E-state index contributed by atoms with van der Waals surface area (Å²) in [6, 6.07) is 27.3. The zero-order valence-corrected chi connectivity index (χ0v) is 15.9. The summed E-state index contributed by atoms with van der Waals surface area (Å²) in [4.78, 5) is 16.4. The van der Waals surface area contributed by atoms with E-state index < -0.39 is 0 Å². The van der Waals surface area contributed by atoms with Crippen LogP contribution >= 0.6 is 0 Å². The molecule has 0 amide bonds. The Morgan fingerprint density at radius 3 is 1.04 bits per heavy atom. The van der Waals surface area contributed by atoms with Crippen molar-refractivity contribution in [2.24, 2.45) is 0 Å². The molecule has 0 N–H and O–H groups in total. The van der Waals surface area contributed by atoms with E-state index >= 15 is 0 Å². The van der Waals surface area contributed by atoms with Crippen LogP contribution in [0.4, 0.5) is 11.4 Å². The Morgan fingerprint density at radius 2 is 0.808 bits per heavy atom. The first-order chi connectivity index (χ1) is 12.5. The predicted molar refractivity (Wildman–Crippen MR) is 111 cm³/mol. The van der Waals surface area contributed by atoms with Crippen LogP contribution in [-0.4, -0.2) is 34.0 Å². The molecule has 0 saturated carbocycles. The topological polar surface area (TPSA) is 23.6 Å². The van der Waals surface area contributed by atoms with E-state index in [-0.39, 0.29) is 5.78 Å². The van der Waals surface area contributed by atoms with Crippen molar-refractivity contribution in [2.45, 2.75) is 0 Å². The summed E-state index contributed by atoms with van der Waals surface area (Å²) in [6.45, 7) is 0. The molecule has 3 rings (SSSR count). The van der Waals surface area contributed by atoms with Gasteiger partial charge in [-0.25, -0.2) is 0 Å². The summed E-state index contributed by atoms with van der Waals surface area (Å²) < 4.78 is 0. The van der Waals surface area contributed by atoms with Gasteiger partial charge in [0.05, 0.1) is 0 Å². The molecule has 0 aliphatic carbocycles. The van der Waals surface area contributed by atoms with E-state index in [1.165, 1.54) is 0 Å². The fourth-order valence-electron chi connectivity index (χ4n) is 2.37. The van der Waals surface area contributed by atoms with E-state index in [0.717, 1.165) is 11.4 Å². The molecule has 0 aromatic heterocycles. The van der Waals surface area contributed by atoms with Gasteiger partial charge in [0, 0.05) is 50.7 Å². The minimum absolute atomic E-state index is 0.0561. The normalized spacial score (nSPS) is 9.69. The van der Waals surface area contributed by atoms with Gasteiger partial charge in [0.15, 0.2) is 5.78 Å². The molecule has 0 atom stereocenters. The number of carbonyl (C=O) groups excluding carboxylic acids is 1. The number of anilines is 2. The van der Waals surface area contributed by atoms with Crippen LogP contribution in [0.5, 0.6) is 0 Å². The van der Waals surface area contributed by atoms with E-state index in [4.69, 9.17) is 0 Å². The third-order valence-electron chi connectivity index (χ3n) is 3.96. The maximum Gasteiger partial charge on any atom is 0.193 e. The average Bonchev–Trinajstić information content (AvgIpc) is 2.69. The largest absolute Gasteiger partial charge is 0.378 e. The highest BCUT2D eigenvalue weighted by atomic mass is 16.1. The van der Waals surface area contributed by atoms with Gasteiger partial charge in [-0.3, -0.25) is 4.79 Å². The van der Waals surface area contributed by atoms with E-state index in [1.807, 2.05) is 123 Å². The van der Waals surface area contributed by atoms with Crippen molar-refractivity contribution in [3.8, 4) is 0 Å². The Bertz CT molecular complexity index is 712. The Morgan fingerprint density at radius 1 is 0.538 bits per heavy atom. The van der Waals surface area contributed by atoms with Gasteiger partial charge in [-0.2, -0.15) is 0 Å². The van der Waals surface area contributed by atoms with Crippen molar-refractivity contribution < 1.29 is 4.79 Å². The van der Waals surface area contributed by atoms with Crippen LogP contribution in [0.3, 0.4) is 0 Å². The van der Waals surface area contributed by atoms with Gasteiger partial charge in [-0.15, -0.1) is 0 Å². The number of hydrogen-bond acceptors (Lipinski definition) is 3. The lowest BCUT2D eigenvalue weighted by Gasteiger charge is -2.13. The zero-order chi connectivity index (χ0) is 18.9. The summed E-state index contributed by atoms with van der Waals surface area (Å²) in [5.74, 6) is 0.0561. The van der Waals surface area contributed by atoms with Crippen LogP contribution in [-0.2, 0) is 0 Å². The van der Waals surface area contributed by atoms with Crippen molar-refractivity contribution >= 4 is 17.2 Å². The molecule has 0 bridgehead atoms. The minimum atomic E-state index is 0.0561. The van der Waals surface area contributed by atoms with Crippen molar-refractivity contribution in [2.75, 3.05) is 38.0 Å². The van der Waals surface area contributed by atoms with Crippen molar-refractivity contribution in [1.82, 2.24) is 0 Å². The van der Waals surface area contributed by atoms with E-state index in [2.05, 4.69) is 0 Å². The Hall–Kier alpha value is -3.07. The van der Waals surface area contributed by atoms with Gasteiger partial charge in [-0.1, -0.05) is 36.4 Å². The fourth-order valence-corrected chi connectivity index (χ4v) is 2.37. The highest BCUT2D eigenvalue weighted by molar-refractivity contribution is 6.09. The Kier molecular flexibility index (Phi) is 6.98. The van der Waals surface area contributed by atoms with E-state index in [1.54, 1.807) is 0 Å². The summed E-state index contributed by atoms with van der Waals surface area (Å²) in [5, 5.41) is 0. The third-order valence-corrected chi connectivity index (χ3v) is 3.96. The smallest absolute Gasteiger partial charge is 0.193 e. The zero-order valence-electron chi connectivity index (χ0n) is 15.9. The number of benzene rings is 3. The summed E-state index contributed by atoms with van der Waals surface area (Å²) in [7, 11) is 7.93. The predicted octanol–water partition coefficient (Wildman–Crippen LogP) is 4.74. The first-order valence-electron chi connectivity index (χ1n) is 8.58. The van der Waals surface area contributed by atoms with Crippen LogP contribution in [0.15, 0.2) is 84.9 Å². The summed E-state index contributed by atoms with van der Waals surface area (Å²) >= 11 is 0. The van der Waals surface area contributed by atoms with E-state index in [9.17, 15) is 4.79 Å². The molecule has 0 fully saturated rings. The average molecular weight is 346 g/mol. The highest BCUT2D eigenvalue weighted by Crippen LogP contribution is 2.18. The molecule has 0 radical (unpaired) electrons. The lowest BCUT2D eigenvalue weighted by Crippen LogP contribution is -2.10. The van der Waals surface area contributed by atoms with Crippen LogP contribution in [0.25, 0.3) is 0 Å². The molecule has 0 unspecified atom stereocenters. The van der Waals surface area contributed by atoms with Crippen molar-refractivity contribution in [3.05, 3.63) is 96.1 Å². The molecule has 0 heterocycles. The summed E-state index contributed by atoms with van der Waals surface area (Å²) in [5.41, 5.74) is 3.61. The first-order valence-corrected chi connectivity index (χ1v) is 8.58. The fraction of sp³-hybridized carbons (Fsp3) is 0.174. The summed E-state index contributed by atoms with van der Waals surface area (Å²) in [6.07, 6.45) is 0. The molecule has 0 aliphatic heterocycles. The molecule has 26 heavy (non-hydrogen) atoms. The minimum Gasteiger partial charge on any atom is -0.378 e. The SMILES string of the molecule is CN(C)c1ccc(C(=O)c2ccc(N(C)C)cc2)cc1.c1ccccc1. The number of carbonyl (C=O) groups is 1. The highest BCUT2D eigenvalue weighted by Gasteiger charge is 2.09. The molecule has 0 spiro atoms. The molecule has 0 aliphatic rings. The van der Waals surface area contributed by atoms with E-state index in [0.29, 0.717) is 11.1 Å². The molecule has 3 nitrogen and oxygen atoms in total. The van der Waals surface area contributed by atoms with Crippen LogP contribution in [0.1, 0.15) is 15.9 Å². The van der Waals surface area contributed by atoms with Crippen molar-refractivity contribution in [1.29, 1.82) is 0 Å². The van der Waals surface area contributed by atoms with Gasteiger partial charge in [-0.05, 0) is 48.5 Å². The van der Waals surface area contributed by atoms with Crippen LogP contribution in [0.2, 0.25) is 0 Å². The lowest BCUT2D eigenvalue weighted by atomic mass is 10.0. The number of hydrogen-bond donors (Lipinski definition) is 0. The quantitative estimate of drug-likeness (QED) is 0.638. The second-order valence-corrected chi connectivity index (χ2v) is 6.37. The number of ketones is 1. The lowest BCUT2D eigenvalue weighted by molar-refractivity contribution is 0.103. The number of nitrogens with zero attached hydrogens (tertiary/aromatic N) is 2. The molecule has 3 aromatic rings. The van der Waals surface area contributed by atoms with Crippen LogP contribution in [0, 0.1) is 0 Å². The monoisotopic (exact) mass is 346 g/mol. The second kappa shape index (κ2) is 9.42. The molecule has 0 saturated heterocycles. The van der Waals surface area contributed by atoms with Gasteiger partial charge < -0.3 is 9.80 Å². The Balaban J connectivity index is 0.000000342. The number of rotatable bonds is 4. The van der Waals surface area contributed by atoms with Gasteiger partial charge >= 0.3 is 0 Å². The van der Waals surface area contributed by atoms with Crippen LogP contribution < -0.4 is 9.80 Å². The molecular formula is C23H26N2O. The van der Waals surface area contributed by atoms with Gasteiger partial charge in [0.1, 0.15) is 0 Å². The van der Waals surface area contributed by atoms with Gasteiger partial charge in [0.25, 0.3) is 0 Å². The molecule has 3 heteroatoms. The van der Waals surface area contributed by atoms with Gasteiger partial charge in [0.2, 0.25) is 0 Å².